The van der Waals surface area contributed by atoms with Gasteiger partial charge in [-0.3, -0.25) is 4.79 Å². The van der Waals surface area contributed by atoms with E-state index in [0.29, 0.717) is 18.9 Å². The van der Waals surface area contributed by atoms with Crippen molar-refractivity contribution >= 4 is 12.0 Å². The first-order chi connectivity index (χ1) is 8.15. The van der Waals surface area contributed by atoms with E-state index < -0.39 is 5.97 Å². The fourth-order valence-electron chi connectivity index (χ4n) is 1.65. The second-order valence-corrected chi connectivity index (χ2v) is 3.88. The van der Waals surface area contributed by atoms with Crippen molar-refractivity contribution in [2.45, 2.75) is 13.0 Å². The highest BCUT2D eigenvalue weighted by Gasteiger charge is 2.31. The minimum absolute atomic E-state index is 0.0587. The zero-order chi connectivity index (χ0) is 12.3. The van der Waals surface area contributed by atoms with E-state index >= 15 is 0 Å². The van der Waals surface area contributed by atoms with Crippen molar-refractivity contribution in [3.05, 3.63) is 12.2 Å². The Labute approximate surface area is 96.6 Å². The second kappa shape index (κ2) is 4.81. The van der Waals surface area contributed by atoms with Crippen molar-refractivity contribution < 1.29 is 19.2 Å². The van der Waals surface area contributed by atoms with Gasteiger partial charge in [-0.25, -0.2) is 4.79 Å². The number of amides is 2. The molecule has 2 N–H and O–H groups in total. The Kier molecular flexibility index (Phi) is 3.22. The van der Waals surface area contributed by atoms with Crippen LogP contribution in [-0.2, 0) is 11.3 Å². The number of hydrogen-bond donors (Lipinski definition) is 2. The molecule has 0 unspecified atom stereocenters. The van der Waals surface area contributed by atoms with Crippen molar-refractivity contribution in [3.8, 4) is 0 Å². The predicted molar refractivity (Wildman–Crippen MR) is 53.8 cm³/mol. The van der Waals surface area contributed by atoms with Crippen molar-refractivity contribution in [1.29, 1.82) is 0 Å². The molecule has 1 aliphatic rings. The maximum Gasteiger partial charge on any atom is 0.317 e. The van der Waals surface area contributed by atoms with E-state index in [1.807, 2.05) is 0 Å². The van der Waals surface area contributed by atoms with Crippen LogP contribution >= 0.6 is 0 Å². The molecule has 1 aromatic heterocycles. The zero-order valence-corrected chi connectivity index (χ0v) is 9.00. The Hall–Kier alpha value is -2.12. The van der Waals surface area contributed by atoms with Crippen LogP contribution in [0.4, 0.5) is 4.79 Å². The third-order valence-corrected chi connectivity index (χ3v) is 2.51. The van der Waals surface area contributed by atoms with Gasteiger partial charge >= 0.3 is 12.0 Å². The molecule has 1 aliphatic heterocycles. The standard InChI is InChI=1S/C9H12N4O4/c14-8(15)1-6-3-13(4-6)9(16)10-2-7-11-5-17-12-7/h5-6H,1-4H2,(H,10,16)(H,14,15). The Bertz CT molecular complexity index is 399. The van der Waals surface area contributed by atoms with Gasteiger partial charge < -0.3 is 19.8 Å². The van der Waals surface area contributed by atoms with Gasteiger partial charge in [0.1, 0.15) is 0 Å². The topological polar surface area (TPSA) is 109 Å². The van der Waals surface area contributed by atoms with E-state index in [4.69, 9.17) is 5.11 Å². The first kappa shape index (κ1) is 11.4. The molecule has 92 valence electrons. The molecule has 2 amide bonds. The summed E-state index contributed by atoms with van der Waals surface area (Å²) in [5, 5.41) is 14.7. The number of carbonyl (C=O) groups is 2. The first-order valence-corrected chi connectivity index (χ1v) is 5.15. The number of likely N-dealkylation sites (tertiary alicyclic amines) is 1. The van der Waals surface area contributed by atoms with Crippen LogP contribution in [0.5, 0.6) is 0 Å². The molecular formula is C9H12N4O4. The highest BCUT2D eigenvalue weighted by Crippen LogP contribution is 2.18. The molecule has 0 bridgehead atoms. The molecule has 0 aromatic carbocycles. The molecule has 2 heterocycles. The van der Waals surface area contributed by atoms with Crippen LogP contribution in [0.2, 0.25) is 0 Å². The summed E-state index contributed by atoms with van der Waals surface area (Å²) in [4.78, 5) is 27.3. The van der Waals surface area contributed by atoms with Crippen molar-refractivity contribution in [1.82, 2.24) is 20.4 Å². The monoisotopic (exact) mass is 240 g/mol. The predicted octanol–water partition coefficient (Wildman–Crippen LogP) is -0.314. The summed E-state index contributed by atoms with van der Waals surface area (Å²) in [5.74, 6) is -0.369. The Balaban J connectivity index is 1.67. The number of nitrogens with zero attached hydrogens (tertiary/aromatic N) is 3. The molecule has 1 fully saturated rings. The lowest BCUT2D eigenvalue weighted by molar-refractivity contribution is -0.139. The Morgan fingerprint density at radius 2 is 2.35 bits per heavy atom. The van der Waals surface area contributed by atoms with Gasteiger partial charge in [-0.2, -0.15) is 4.98 Å². The lowest BCUT2D eigenvalue weighted by Gasteiger charge is -2.38. The number of aliphatic carboxylic acids is 1. The van der Waals surface area contributed by atoms with E-state index in [2.05, 4.69) is 20.0 Å². The van der Waals surface area contributed by atoms with Gasteiger partial charge in [0, 0.05) is 19.0 Å². The lowest BCUT2D eigenvalue weighted by atomic mass is 9.97. The van der Waals surface area contributed by atoms with Crippen molar-refractivity contribution in [2.24, 2.45) is 5.92 Å². The molecule has 1 saturated heterocycles. The van der Waals surface area contributed by atoms with Gasteiger partial charge in [-0.1, -0.05) is 5.16 Å². The molecule has 17 heavy (non-hydrogen) atoms. The fourth-order valence-corrected chi connectivity index (χ4v) is 1.65. The number of nitrogens with one attached hydrogen (secondary N) is 1. The minimum Gasteiger partial charge on any atom is -0.481 e. The fraction of sp³-hybridized carbons (Fsp3) is 0.556. The van der Waals surface area contributed by atoms with Crippen molar-refractivity contribution in [3.63, 3.8) is 0 Å². The summed E-state index contributed by atoms with van der Waals surface area (Å²) in [6.45, 7) is 1.16. The quantitative estimate of drug-likeness (QED) is 0.747. The molecule has 8 nitrogen and oxygen atoms in total. The smallest absolute Gasteiger partial charge is 0.317 e. The molecular weight excluding hydrogens is 228 g/mol. The maximum atomic E-state index is 11.5. The third-order valence-electron chi connectivity index (χ3n) is 2.51. The van der Waals surface area contributed by atoms with Crippen molar-refractivity contribution in [2.75, 3.05) is 13.1 Å². The summed E-state index contributed by atoms with van der Waals surface area (Å²) >= 11 is 0. The lowest BCUT2D eigenvalue weighted by Crippen LogP contribution is -2.54. The summed E-state index contributed by atoms with van der Waals surface area (Å²) in [6.07, 6.45) is 1.29. The average Bonchev–Trinajstić information content (AvgIpc) is 2.71. The largest absolute Gasteiger partial charge is 0.481 e. The Morgan fingerprint density at radius 1 is 1.59 bits per heavy atom. The van der Waals surface area contributed by atoms with Crippen LogP contribution in [0.3, 0.4) is 0 Å². The highest BCUT2D eigenvalue weighted by atomic mass is 16.5. The third kappa shape index (κ3) is 2.92. The number of urea groups is 1. The number of hydrogen-bond acceptors (Lipinski definition) is 5. The molecule has 0 spiro atoms. The molecule has 8 heteroatoms. The van der Waals surface area contributed by atoms with Gasteiger partial charge in [0.2, 0.25) is 6.39 Å². The number of aromatic nitrogens is 2. The minimum atomic E-state index is -0.832. The number of rotatable bonds is 4. The van der Waals surface area contributed by atoms with E-state index in [-0.39, 0.29) is 24.9 Å². The summed E-state index contributed by atoms with van der Waals surface area (Å²) in [5.41, 5.74) is 0. The molecule has 0 aliphatic carbocycles. The molecule has 0 radical (unpaired) electrons. The number of carboxylic acids is 1. The average molecular weight is 240 g/mol. The first-order valence-electron chi connectivity index (χ1n) is 5.15. The van der Waals surface area contributed by atoms with Crippen LogP contribution in [0, 0.1) is 5.92 Å². The van der Waals surface area contributed by atoms with Gasteiger partial charge in [0.25, 0.3) is 0 Å². The van der Waals surface area contributed by atoms with Crippen LogP contribution in [0.15, 0.2) is 10.9 Å². The SMILES string of the molecule is O=C(O)CC1CN(C(=O)NCc2ncon2)C1. The van der Waals surface area contributed by atoms with Crippen LogP contribution < -0.4 is 5.32 Å². The second-order valence-electron chi connectivity index (χ2n) is 3.88. The molecule has 0 saturated carbocycles. The molecule has 2 rings (SSSR count). The van der Waals surface area contributed by atoms with Crippen LogP contribution in [-0.4, -0.2) is 45.2 Å². The van der Waals surface area contributed by atoms with E-state index in [9.17, 15) is 9.59 Å². The van der Waals surface area contributed by atoms with Gasteiger partial charge in [-0.15, -0.1) is 0 Å². The van der Waals surface area contributed by atoms with Gasteiger partial charge in [0.05, 0.1) is 13.0 Å². The normalized spacial score (nSPS) is 15.4. The summed E-state index contributed by atoms with van der Waals surface area (Å²) in [6, 6.07) is -0.239. The number of carboxylic acid groups (broad SMARTS) is 1. The molecule has 1 aromatic rings. The van der Waals surface area contributed by atoms with Gasteiger partial charge in [0.15, 0.2) is 5.82 Å². The number of carbonyl (C=O) groups excluding carboxylic acids is 1. The zero-order valence-electron chi connectivity index (χ0n) is 9.00. The van der Waals surface area contributed by atoms with Crippen LogP contribution in [0.25, 0.3) is 0 Å². The highest BCUT2D eigenvalue weighted by molar-refractivity contribution is 5.75. The van der Waals surface area contributed by atoms with Crippen LogP contribution in [0.1, 0.15) is 12.2 Å². The molecule has 0 atom stereocenters. The van der Waals surface area contributed by atoms with Gasteiger partial charge in [-0.05, 0) is 0 Å². The Morgan fingerprint density at radius 3 is 2.94 bits per heavy atom. The van der Waals surface area contributed by atoms with E-state index in [1.165, 1.54) is 6.39 Å². The summed E-state index contributed by atoms with van der Waals surface area (Å²) in [7, 11) is 0. The summed E-state index contributed by atoms with van der Waals surface area (Å²) < 4.78 is 4.52. The van der Waals surface area contributed by atoms with E-state index in [0.717, 1.165) is 0 Å². The maximum absolute atomic E-state index is 11.5. The van der Waals surface area contributed by atoms with E-state index in [1.54, 1.807) is 4.90 Å².